The molecule has 4 heteroatoms. The van der Waals surface area contributed by atoms with Gasteiger partial charge in [-0.2, -0.15) is 0 Å². The molecule has 27 heavy (non-hydrogen) atoms. The highest BCUT2D eigenvalue weighted by Gasteiger charge is 2.33. The summed E-state index contributed by atoms with van der Waals surface area (Å²) in [6, 6.07) is 10.6. The Kier molecular flexibility index (Phi) is 6.01. The Labute approximate surface area is 159 Å². The zero-order valence-corrected chi connectivity index (χ0v) is 15.7. The van der Waals surface area contributed by atoms with Gasteiger partial charge >= 0.3 is 11.9 Å². The van der Waals surface area contributed by atoms with Gasteiger partial charge in [-0.3, -0.25) is 0 Å². The molecular formula is C23H24O4. The van der Waals surface area contributed by atoms with Crippen LogP contribution in [0.5, 0.6) is 0 Å². The molecule has 0 heterocycles. The second kappa shape index (κ2) is 8.04. The summed E-state index contributed by atoms with van der Waals surface area (Å²) in [7, 11) is 0. The van der Waals surface area contributed by atoms with Gasteiger partial charge in [-0.05, 0) is 35.1 Å². The number of carbonyl (C=O) groups is 2. The number of aromatic carboxylic acids is 2. The molecule has 0 spiro atoms. The van der Waals surface area contributed by atoms with Gasteiger partial charge in [-0.1, -0.05) is 62.4 Å². The maximum Gasteiger partial charge on any atom is 0.336 e. The number of rotatable bonds is 8. The molecular weight excluding hydrogens is 340 g/mol. The van der Waals surface area contributed by atoms with Crippen molar-refractivity contribution in [3.8, 4) is 0 Å². The van der Waals surface area contributed by atoms with Gasteiger partial charge in [-0.15, -0.1) is 13.2 Å². The number of carboxylic acids is 2. The number of hydrogen-bond acceptors (Lipinski definition) is 2. The van der Waals surface area contributed by atoms with Gasteiger partial charge in [0.2, 0.25) is 0 Å². The predicted molar refractivity (Wildman–Crippen MR) is 107 cm³/mol. The lowest BCUT2D eigenvalue weighted by atomic mass is 9.72. The van der Waals surface area contributed by atoms with Crippen molar-refractivity contribution in [1.29, 1.82) is 0 Å². The summed E-state index contributed by atoms with van der Waals surface area (Å²) in [5.41, 5.74) is 2.04. The Morgan fingerprint density at radius 1 is 0.852 bits per heavy atom. The Balaban J connectivity index is 2.81. The fourth-order valence-electron chi connectivity index (χ4n) is 3.54. The van der Waals surface area contributed by atoms with Crippen LogP contribution in [0.4, 0.5) is 0 Å². The van der Waals surface area contributed by atoms with E-state index >= 15 is 0 Å². The molecule has 0 aromatic heterocycles. The fraction of sp³-hybridized carbons (Fsp3) is 0.217. The Bertz CT molecular complexity index is 833. The fourth-order valence-corrected chi connectivity index (χ4v) is 3.54. The highest BCUT2D eigenvalue weighted by atomic mass is 16.4. The summed E-state index contributed by atoms with van der Waals surface area (Å²) >= 11 is 0. The van der Waals surface area contributed by atoms with Crippen LogP contribution >= 0.6 is 0 Å². The van der Waals surface area contributed by atoms with Crippen LogP contribution in [-0.4, -0.2) is 22.2 Å². The molecule has 2 aromatic carbocycles. The van der Waals surface area contributed by atoms with Crippen LogP contribution in [0.3, 0.4) is 0 Å². The molecule has 0 atom stereocenters. The standard InChI is InChI=1S/C23H24O4/c1-5-9-15-11-7-13-17(19(15)21(24)25)23(3,4)18-14-8-12-16(10-6-2)20(18)22(26)27/h5-8,11-14H,1-2,9-10H2,3-4H3,(H,24,25)(H,26,27). The van der Waals surface area contributed by atoms with Crippen molar-refractivity contribution in [2.75, 3.05) is 0 Å². The zero-order valence-electron chi connectivity index (χ0n) is 15.7. The largest absolute Gasteiger partial charge is 0.478 e. The Morgan fingerprint density at radius 2 is 1.22 bits per heavy atom. The maximum atomic E-state index is 12.0. The van der Waals surface area contributed by atoms with Crippen molar-refractivity contribution >= 4 is 11.9 Å². The van der Waals surface area contributed by atoms with E-state index in [1.54, 1.807) is 48.6 Å². The van der Waals surface area contributed by atoms with E-state index in [-0.39, 0.29) is 11.1 Å². The second-order valence-corrected chi connectivity index (χ2v) is 6.90. The van der Waals surface area contributed by atoms with E-state index in [1.165, 1.54) is 0 Å². The summed E-state index contributed by atoms with van der Waals surface area (Å²) in [4.78, 5) is 24.0. The monoisotopic (exact) mass is 364 g/mol. The maximum absolute atomic E-state index is 12.0. The SMILES string of the molecule is C=CCc1cccc(C(C)(C)c2cccc(CC=C)c2C(=O)O)c1C(=O)O. The molecule has 0 unspecified atom stereocenters. The summed E-state index contributed by atoms with van der Waals surface area (Å²) < 4.78 is 0. The summed E-state index contributed by atoms with van der Waals surface area (Å²) in [6.07, 6.45) is 4.17. The highest BCUT2D eigenvalue weighted by molar-refractivity contribution is 5.94. The second-order valence-electron chi connectivity index (χ2n) is 6.90. The highest BCUT2D eigenvalue weighted by Crippen LogP contribution is 2.38. The van der Waals surface area contributed by atoms with Crippen LogP contribution in [0.25, 0.3) is 0 Å². The zero-order chi connectivity index (χ0) is 20.2. The van der Waals surface area contributed by atoms with Crippen LogP contribution in [0.2, 0.25) is 0 Å². The van der Waals surface area contributed by atoms with Crippen molar-refractivity contribution in [2.24, 2.45) is 0 Å². The van der Waals surface area contributed by atoms with Crippen LogP contribution in [-0.2, 0) is 18.3 Å². The van der Waals surface area contributed by atoms with Crippen molar-refractivity contribution < 1.29 is 19.8 Å². The minimum atomic E-state index is -1.03. The summed E-state index contributed by atoms with van der Waals surface area (Å²) in [6.45, 7) is 11.1. The number of hydrogen-bond donors (Lipinski definition) is 2. The van der Waals surface area contributed by atoms with E-state index in [0.717, 1.165) is 0 Å². The molecule has 0 aliphatic rings. The van der Waals surface area contributed by atoms with E-state index in [0.29, 0.717) is 35.1 Å². The summed E-state index contributed by atoms with van der Waals surface area (Å²) in [5, 5.41) is 19.7. The average molecular weight is 364 g/mol. The van der Waals surface area contributed by atoms with Crippen LogP contribution in [0, 0.1) is 0 Å². The smallest absolute Gasteiger partial charge is 0.336 e. The predicted octanol–water partition coefficient (Wildman–Crippen LogP) is 4.87. The van der Waals surface area contributed by atoms with Gasteiger partial charge in [0.1, 0.15) is 0 Å². The molecule has 2 N–H and O–H groups in total. The number of allylic oxidation sites excluding steroid dienone is 2. The first kappa shape index (κ1) is 20.2. The first-order chi connectivity index (χ1) is 12.8. The minimum absolute atomic E-state index is 0.202. The molecule has 2 aromatic rings. The normalized spacial score (nSPS) is 11.0. The van der Waals surface area contributed by atoms with Gasteiger partial charge in [0.15, 0.2) is 0 Å². The molecule has 0 aliphatic heterocycles. The number of benzene rings is 2. The first-order valence-corrected chi connectivity index (χ1v) is 8.68. The van der Waals surface area contributed by atoms with E-state index in [4.69, 9.17) is 0 Å². The Morgan fingerprint density at radius 3 is 1.52 bits per heavy atom. The third kappa shape index (κ3) is 3.85. The number of carboxylic acid groups (broad SMARTS) is 2. The molecule has 0 radical (unpaired) electrons. The lowest BCUT2D eigenvalue weighted by molar-refractivity contribution is 0.0685. The van der Waals surface area contributed by atoms with Crippen molar-refractivity contribution in [3.63, 3.8) is 0 Å². The van der Waals surface area contributed by atoms with Gasteiger partial charge in [0, 0.05) is 5.41 Å². The minimum Gasteiger partial charge on any atom is -0.478 e. The third-order valence-electron chi connectivity index (χ3n) is 4.80. The van der Waals surface area contributed by atoms with Gasteiger partial charge in [0.05, 0.1) is 11.1 Å². The topological polar surface area (TPSA) is 74.6 Å². The molecule has 4 nitrogen and oxygen atoms in total. The van der Waals surface area contributed by atoms with Crippen molar-refractivity contribution in [3.05, 3.63) is 95.1 Å². The molecule has 0 saturated carbocycles. The van der Waals surface area contributed by atoms with Crippen molar-refractivity contribution in [1.82, 2.24) is 0 Å². The van der Waals surface area contributed by atoms with E-state index in [2.05, 4.69) is 13.2 Å². The van der Waals surface area contributed by atoms with Gasteiger partial charge in [-0.25, -0.2) is 9.59 Å². The van der Waals surface area contributed by atoms with E-state index < -0.39 is 17.4 Å². The molecule has 0 bridgehead atoms. The quantitative estimate of drug-likeness (QED) is 0.656. The Hall–Kier alpha value is -3.14. The molecule has 0 saturated heterocycles. The van der Waals surface area contributed by atoms with E-state index in [9.17, 15) is 19.8 Å². The third-order valence-corrected chi connectivity index (χ3v) is 4.80. The average Bonchev–Trinajstić information content (AvgIpc) is 2.61. The molecule has 0 aliphatic carbocycles. The van der Waals surface area contributed by atoms with Gasteiger partial charge in [0.25, 0.3) is 0 Å². The molecule has 0 fully saturated rings. The molecule has 0 amide bonds. The van der Waals surface area contributed by atoms with Gasteiger partial charge < -0.3 is 10.2 Å². The summed E-state index contributed by atoms with van der Waals surface area (Å²) in [5.74, 6) is -2.07. The van der Waals surface area contributed by atoms with Crippen LogP contribution in [0.1, 0.15) is 56.8 Å². The van der Waals surface area contributed by atoms with Crippen molar-refractivity contribution in [2.45, 2.75) is 32.1 Å². The molecule has 2 rings (SSSR count). The lowest BCUT2D eigenvalue weighted by Gasteiger charge is -2.30. The van der Waals surface area contributed by atoms with Crippen LogP contribution < -0.4 is 0 Å². The lowest BCUT2D eigenvalue weighted by Crippen LogP contribution is -2.27. The first-order valence-electron chi connectivity index (χ1n) is 8.68. The van der Waals surface area contributed by atoms with E-state index in [1.807, 2.05) is 13.8 Å². The van der Waals surface area contributed by atoms with Crippen LogP contribution in [0.15, 0.2) is 61.7 Å². The molecule has 140 valence electrons.